The lowest BCUT2D eigenvalue weighted by molar-refractivity contribution is 0.0643. The SMILES string of the molecule is CCN1CCN(C(=O)c2ccc(CN3CCc4ccccc4C3)cc2)CC1. The summed E-state index contributed by atoms with van der Waals surface area (Å²) < 4.78 is 0. The number of nitrogens with zero attached hydrogens (tertiary/aromatic N) is 3. The van der Waals surface area contributed by atoms with Crippen molar-refractivity contribution < 1.29 is 4.79 Å². The molecular weight excluding hydrogens is 334 g/mol. The first kappa shape index (κ1) is 18.2. The average molecular weight is 364 g/mol. The minimum Gasteiger partial charge on any atom is -0.336 e. The summed E-state index contributed by atoms with van der Waals surface area (Å²) in [5.74, 6) is 0.171. The number of carbonyl (C=O) groups excluding carboxylic acids is 1. The van der Waals surface area contributed by atoms with Gasteiger partial charge in [0, 0.05) is 51.4 Å². The fraction of sp³-hybridized carbons (Fsp3) is 0.435. The van der Waals surface area contributed by atoms with E-state index in [0.29, 0.717) is 0 Å². The van der Waals surface area contributed by atoms with E-state index in [1.165, 1.54) is 16.7 Å². The van der Waals surface area contributed by atoms with Gasteiger partial charge in [0.15, 0.2) is 0 Å². The third-order valence-corrected chi connectivity index (χ3v) is 5.92. The first-order valence-electron chi connectivity index (χ1n) is 10.1. The van der Waals surface area contributed by atoms with Gasteiger partial charge < -0.3 is 9.80 Å². The molecule has 0 saturated carbocycles. The molecule has 1 amide bonds. The molecule has 2 heterocycles. The molecule has 2 aromatic rings. The minimum atomic E-state index is 0.171. The Bertz CT molecular complexity index is 778. The molecule has 4 nitrogen and oxygen atoms in total. The van der Waals surface area contributed by atoms with Crippen LogP contribution in [0.5, 0.6) is 0 Å². The molecule has 1 saturated heterocycles. The van der Waals surface area contributed by atoms with Gasteiger partial charge in [-0.2, -0.15) is 0 Å². The van der Waals surface area contributed by atoms with Crippen LogP contribution in [0.4, 0.5) is 0 Å². The number of piperazine rings is 1. The van der Waals surface area contributed by atoms with E-state index in [-0.39, 0.29) is 5.91 Å². The molecule has 0 bridgehead atoms. The van der Waals surface area contributed by atoms with Crippen LogP contribution in [0.25, 0.3) is 0 Å². The lowest BCUT2D eigenvalue weighted by Crippen LogP contribution is -2.48. The van der Waals surface area contributed by atoms with Gasteiger partial charge in [-0.1, -0.05) is 43.3 Å². The van der Waals surface area contributed by atoms with Gasteiger partial charge in [-0.15, -0.1) is 0 Å². The monoisotopic (exact) mass is 363 g/mol. The molecule has 2 aromatic carbocycles. The molecule has 2 aliphatic heterocycles. The third-order valence-electron chi connectivity index (χ3n) is 5.92. The van der Waals surface area contributed by atoms with Crippen LogP contribution in [0.1, 0.15) is 34.0 Å². The third kappa shape index (κ3) is 4.23. The number of carbonyl (C=O) groups is 1. The predicted molar refractivity (Wildman–Crippen MR) is 109 cm³/mol. The van der Waals surface area contributed by atoms with Crippen molar-refractivity contribution in [3.8, 4) is 0 Å². The highest BCUT2D eigenvalue weighted by Gasteiger charge is 2.21. The molecule has 27 heavy (non-hydrogen) atoms. The van der Waals surface area contributed by atoms with Crippen LogP contribution in [0.15, 0.2) is 48.5 Å². The van der Waals surface area contributed by atoms with E-state index in [9.17, 15) is 4.79 Å². The zero-order valence-corrected chi connectivity index (χ0v) is 16.2. The Morgan fingerprint density at radius 1 is 0.852 bits per heavy atom. The quantitative estimate of drug-likeness (QED) is 0.835. The lowest BCUT2D eigenvalue weighted by Gasteiger charge is -2.34. The minimum absolute atomic E-state index is 0.171. The van der Waals surface area contributed by atoms with Gasteiger partial charge >= 0.3 is 0 Å². The largest absolute Gasteiger partial charge is 0.336 e. The van der Waals surface area contributed by atoms with Gasteiger partial charge in [-0.3, -0.25) is 9.69 Å². The van der Waals surface area contributed by atoms with Gasteiger partial charge in [0.2, 0.25) is 0 Å². The van der Waals surface area contributed by atoms with Crippen molar-refractivity contribution in [1.29, 1.82) is 0 Å². The molecule has 0 N–H and O–H groups in total. The van der Waals surface area contributed by atoms with Gasteiger partial charge in [0.1, 0.15) is 0 Å². The maximum Gasteiger partial charge on any atom is 0.253 e. The maximum absolute atomic E-state index is 12.7. The van der Waals surface area contributed by atoms with Crippen LogP contribution >= 0.6 is 0 Å². The summed E-state index contributed by atoms with van der Waals surface area (Å²) >= 11 is 0. The zero-order chi connectivity index (χ0) is 18.6. The Hall–Kier alpha value is -2.17. The molecule has 0 radical (unpaired) electrons. The summed E-state index contributed by atoms with van der Waals surface area (Å²) in [5.41, 5.74) is 5.02. The van der Waals surface area contributed by atoms with E-state index >= 15 is 0 Å². The predicted octanol–water partition coefficient (Wildman–Crippen LogP) is 3.02. The van der Waals surface area contributed by atoms with E-state index in [1.807, 2.05) is 17.0 Å². The van der Waals surface area contributed by atoms with Gasteiger partial charge in [0.25, 0.3) is 5.91 Å². The summed E-state index contributed by atoms with van der Waals surface area (Å²) in [6.45, 7) is 9.93. The number of fused-ring (bicyclic) bond motifs is 1. The van der Waals surface area contributed by atoms with E-state index in [4.69, 9.17) is 0 Å². The molecule has 4 rings (SSSR count). The Morgan fingerprint density at radius 2 is 1.56 bits per heavy atom. The van der Waals surface area contributed by atoms with Crippen molar-refractivity contribution in [2.45, 2.75) is 26.4 Å². The van der Waals surface area contributed by atoms with Crippen molar-refractivity contribution in [2.75, 3.05) is 39.3 Å². The molecule has 0 unspecified atom stereocenters. The highest BCUT2D eigenvalue weighted by Crippen LogP contribution is 2.20. The first-order chi connectivity index (χ1) is 13.2. The molecule has 0 spiro atoms. The van der Waals surface area contributed by atoms with Crippen LogP contribution in [0.2, 0.25) is 0 Å². The fourth-order valence-electron chi connectivity index (χ4n) is 4.15. The molecule has 0 aliphatic carbocycles. The van der Waals surface area contributed by atoms with E-state index < -0.39 is 0 Å². The summed E-state index contributed by atoms with van der Waals surface area (Å²) in [4.78, 5) is 19.6. The van der Waals surface area contributed by atoms with Crippen molar-refractivity contribution in [1.82, 2.24) is 14.7 Å². The summed E-state index contributed by atoms with van der Waals surface area (Å²) in [6.07, 6.45) is 1.12. The summed E-state index contributed by atoms with van der Waals surface area (Å²) in [5, 5.41) is 0. The fourth-order valence-corrected chi connectivity index (χ4v) is 4.15. The second-order valence-corrected chi connectivity index (χ2v) is 7.65. The normalized spacial score (nSPS) is 18.3. The molecule has 0 aromatic heterocycles. The van der Waals surface area contributed by atoms with Crippen LogP contribution < -0.4 is 0 Å². The number of hydrogen-bond acceptors (Lipinski definition) is 3. The maximum atomic E-state index is 12.7. The van der Waals surface area contributed by atoms with Crippen molar-refractivity contribution in [2.24, 2.45) is 0 Å². The van der Waals surface area contributed by atoms with Crippen LogP contribution in [0, 0.1) is 0 Å². The Balaban J connectivity index is 1.35. The molecule has 1 fully saturated rings. The molecule has 142 valence electrons. The van der Waals surface area contributed by atoms with Crippen LogP contribution in [-0.4, -0.2) is 59.9 Å². The lowest BCUT2D eigenvalue weighted by atomic mass is 9.99. The molecular formula is C23H29N3O. The van der Waals surface area contributed by atoms with Gasteiger partial charge in [-0.25, -0.2) is 0 Å². The Kier molecular flexibility index (Phi) is 5.55. The summed E-state index contributed by atoms with van der Waals surface area (Å²) in [6, 6.07) is 17.0. The topological polar surface area (TPSA) is 26.8 Å². The second kappa shape index (κ2) is 8.24. The first-order valence-corrected chi connectivity index (χ1v) is 10.1. The Morgan fingerprint density at radius 3 is 2.26 bits per heavy atom. The number of likely N-dealkylation sites (N-methyl/N-ethyl adjacent to an activating group) is 1. The number of benzene rings is 2. The average Bonchev–Trinajstić information content (AvgIpc) is 2.74. The number of amides is 1. The highest BCUT2D eigenvalue weighted by molar-refractivity contribution is 5.94. The number of hydrogen-bond donors (Lipinski definition) is 0. The summed E-state index contributed by atoms with van der Waals surface area (Å²) in [7, 11) is 0. The van der Waals surface area contributed by atoms with E-state index in [1.54, 1.807) is 0 Å². The molecule has 4 heteroatoms. The molecule has 0 atom stereocenters. The molecule has 2 aliphatic rings. The zero-order valence-electron chi connectivity index (χ0n) is 16.2. The van der Waals surface area contributed by atoms with Crippen molar-refractivity contribution in [3.05, 3.63) is 70.8 Å². The van der Waals surface area contributed by atoms with Crippen molar-refractivity contribution in [3.63, 3.8) is 0 Å². The van der Waals surface area contributed by atoms with Crippen LogP contribution in [-0.2, 0) is 19.5 Å². The Labute approximate surface area is 162 Å². The smallest absolute Gasteiger partial charge is 0.253 e. The van der Waals surface area contributed by atoms with E-state index in [2.05, 4.69) is 53.1 Å². The number of rotatable bonds is 4. The van der Waals surface area contributed by atoms with Crippen molar-refractivity contribution >= 4 is 5.91 Å². The second-order valence-electron chi connectivity index (χ2n) is 7.65. The van der Waals surface area contributed by atoms with Gasteiger partial charge in [-0.05, 0) is 41.8 Å². The van der Waals surface area contributed by atoms with Crippen LogP contribution in [0.3, 0.4) is 0 Å². The highest BCUT2D eigenvalue weighted by atomic mass is 16.2. The standard InChI is InChI=1S/C23H29N3O/c1-2-24-13-15-26(16-14-24)23(27)21-9-7-19(8-10-21)17-25-12-11-20-5-3-4-6-22(20)18-25/h3-10H,2,11-18H2,1H3. The van der Waals surface area contributed by atoms with E-state index in [0.717, 1.165) is 64.3 Å². The van der Waals surface area contributed by atoms with Gasteiger partial charge in [0.05, 0.1) is 0 Å².